The lowest BCUT2D eigenvalue weighted by molar-refractivity contribution is -0.427. The van der Waals surface area contributed by atoms with Crippen molar-refractivity contribution in [3.8, 4) is 0 Å². The first-order valence-electron chi connectivity index (χ1n) is 5.24. The Bertz CT molecular complexity index is 409. The zero-order chi connectivity index (χ0) is 16.5. The van der Waals surface area contributed by atoms with Crippen LogP contribution in [0.1, 0.15) is 0 Å². The average molecular weight is 296 g/mol. The Labute approximate surface area is 119 Å². The van der Waals surface area contributed by atoms with E-state index in [4.69, 9.17) is 0 Å². The number of carbonyl (C=O) groups excluding carboxylic acids is 4. The molecule has 0 bridgehead atoms. The van der Waals surface area contributed by atoms with Crippen LogP contribution in [0.4, 0.5) is 0 Å². The minimum Gasteiger partial charge on any atom is -0.349 e. The van der Waals surface area contributed by atoms with E-state index in [9.17, 15) is 19.2 Å². The molecule has 0 saturated heterocycles. The lowest BCUT2D eigenvalue weighted by atomic mass is 10.6. The Morgan fingerprint density at radius 3 is 0.905 bits per heavy atom. The fourth-order valence-electron chi connectivity index (χ4n) is 0.784. The molecular formula is C13H12O8. The van der Waals surface area contributed by atoms with E-state index in [1.807, 2.05) is 0 Å². The van der Waals surface area contributed by atoms with Crippen LogP contribution < -0.4 is 0 Å². The molecular weight excluding hydrogens is 284 g/mol. The smallest absolute Gasteiger partial charge is 0.349 e. The van der Waals surface area contributed by atoms with E-state index < -0.39 is 30.0 Å². The summed E-state index contributed by atoms with van der Waals surface area (Å²) in [6.45, 7) is 12.3. The summed E-state index contributed by atoms with van der Waals surface area (Å²) in [5.74, 6) is -4.83. The van der Waals surface area contributed by atoms with E-state index >= 15 is 0 Å². The van der Waals surface area contributed by atoms with Crippen molar-refractivity contribution >= 4 is 23.9 Å². The highest BCUT2D eigenvalue weighted by molar-refractivity contribution is 5.86. The summed E-state index contributed by atoms with van der Waals surface area (Å²) in [5.41, 5.74) is 0. The molecule has 0 heterocycles. The molecule has 0 aliphatic heterocycles. The molecule has 0 aromatic heterocycles. The maximum atomic E-state index is 11.2. The maximum Gasteiger partial charge on any atom is 0.620 e. The van der Waals surface area contributed by atoms with Gasteiger partial charge >= 0.3 is 30.0 Å². The van der Waals surface area contributed by atoms with Crippen molar-refractivity contribution in [1.82, 2.24) is 0 Å². The normalized spacial score (nSPS) is 9.52. The molecule has 0 radical (unpaired) electrons. The third kappa shape index (κ3) is 6.01. The van der Waals surface area contributed by atoms with Gasteiger partial charge in [0.25, 0.3) is 0 Å². The summed E-state index contributed by atoms with van der Waals surface area (Å²) >= 11 is 0. The number of hydrogen-bond acceptors (Lipinski definition) is 8. The highest BCUT2D eigenvalue weighted by Crippen LogP contribution is 2.20. The molecule has 0 saturated carbocycles. The Balaban J connectivity index is 5.63. The molecule has 0 amide bonds. The van der Waals surface area contributed by atoms with E-state index in [0.717, 1.165) is 0 Å². The zero-order valence-corrected chi connectivity index (χ0v) is 10.9. The van der Waals surface area contributed by atoms with Gasteiger partial charge in [-0.1, -0.05) is 26.3 Å². The van der Waals surface area contributed by atoms with Crippen molar-refractivity contribution in [2.75, 3.05) is 0 Å². The van der Waals surface area contributed by atoms with Gasteiger partial charge in [0.15, 0.2) is 0 Å². The second-order valence-electron chi connectivity index (χ2n) is 3.00. The van der Waals surface area contributed by atoms with Gasteiger partial charge in [0, 0.05) is 24.3 Å². The van der Waals surface area contributed by atoms with Gasteiger partial charge in [-0.15, -0.1) is 0 Å². The number of hydrogen-bond donors (Lipinski definition) is 0. The number of carbonyl (C=O) groups is 4. The Morgan fingerprint density at radius 1 is 0.571 bits per heavy atom. The predicted octanol–water partition coefficient (Wildman–Crippen LogP) is 0.514. The van der Waals surface area contributed by atoms with Gasteiger partial charge in [-0.2, -0.15) is 0 Å². The summed E-state index contributed by atoms with van der Waals surface area (Å²) in [4.78, 5) is 45.0. The molecule has 0 spiro atoms. The largest absolute Gasteiger partial charge is 0.620 e. The van der Waals surface area contributed by atoms with Crippen LogP contribution in [0.15, 0.2) is 50.6 Å². The first-order chi connectivity index (χ1) is 9.82. The Morgan fingerprint density at radius 2 is 0.762 bits per heavy atom. The predicted molar refractivity (Wildman–Crippen MR) is 67.9 cm³/mol. The van der Waals surface area contributed by atoms with Crippen LogP contribution >= 0.6 is 0 Å². The van der Waals surface area contributed by atoms with Crippen LogP contribution in [0.2, 0.25) is 0 Å². The fourth-order valence-corrected chi connectivity index (χ4v) is 0.784. The van der Waals surface area contributed by atoms with Crippen LogP contribution in [0.5, 0.6) is 0 Å². The van der Waals surface area contributed by atoms with Crippen LogP contribution in [-0.4, -0.2) is 30.0 Å². The van der Waals surface area contributed by atoms with Crippen LogP contribution in [0.3, 0.4) is 0 Å². The van der Waals surface area contributed by atoms with Crippen molar-refractivity contribution < 1.29 is 38.1 Å². The van der Waals surface area contributed by atoms with E-state index in [1.54, 1.807) is 0 Å². The lowest BCUT2D eigenvalue weighted by Crippen LogP contribution is -2.47. The molecule has 0 atom stereocenters. The van der Waals surface area contributed by atoms with Gasteiger partial charge in [0.2, 0.25) is 0 Å². The summed E-state index contributed by atoms with van der Waals surface area (Å²) < 4.78 is 17.9. The number of ether oxygens (including phenoxy) is 4. The molecule has 8 nitrogen and oxygen atoms in total. The monoisotopic (exact) mass is 296 g/mol. The van der Waals surface area contributed by atoms with Gasteiger partial charge in [-0.05, 0) is 0 Å². The molecule has 0 fully saturated rings. The summed E-state index contributed by atoms with van der Waals surface area (Å²) in [6, 6.07) is 0. The Kier molecular flexibility index (Phi) is 6.88. The molecule has 0 N–H and O–H groups in total. The van der Waals surface area contributed by atoms with E-state index in [0.29, 0.717) is 24.3 Å². The summed E-state index contributed by atoms with van der Waals surface area (Å²) in [5, 5.41) is 0. The van der Waals surface area contributed by atoms with Crippen LogP contribution in [-0.2, 0) is 38.1 Å². The van der Waals surface area contributed by atoms with Crippen molar-refractivity contribution in [3.63, 3.8) is 0 Å². The fraction of sp³-hybridized carbons (Fsp3) is 0.0769. The molecule has 0 aliphatic rings. The zero-order valence-electron chi connectivity index (χ0n) is 10.9. The molecule has 21 heavy (non-hydrogen) atoms. The van der Waals surface area contributed by atoms with Crippen LogP contribution in [0, 0.1) is 0 Å². The van der Waals surface area contributed by atoms with Crippen LogP contribution in [0.25, 0.3) is 0 Å². The molecule has 0 aromatic rings. The highest BCUT2D eigenvalue weighted by Gasteiger charge is 2.48. The molecule has 0 unspecified atom stereocenters. The first kappa shape index (κ1) is 17.8. The average Bonchev–Trinajstić information content (AvgIpc) is 2.46. The van der Waals surface area contributed by atoms with E-state index in [-0.39, 0.29) is 0 Å². The number of esters is 4. The van der Waals surface area contributed by atoms with Gasteiger partial charge in [-0.3, -0.25) is 0 Å². The summed E-state index contributed by atoms with van der Waals surface area (Å²) in [7, 11) is 0. The van der Waals surface area contributed by atoms with Crippen molar-refractivity contribution in [3.05, 3.63) is 50.6 Å². The standard InChI is InChI=1S/C13H12O8/c1-5-9(14)18-13(19-10(15)6-2,20-11(16)7-3)21-12(17)8-4/h5-8H,1-4H2. The molecule has 0 rings (SSSR count). The van der Waals surface area contributed by atoms with E-state index in [1.165, 1.54) is 0 Å². The Hall–Kier alpha value is -3.16. The first-order valence-corrected chi connectivity index (χ1v) is 5.24. The second kappa shape index (κ2) is 8.10. The second-order valence-corrected chi connectivity index (χ2v) is 3.00. The van der Waals surface area contributed by atoms with Gasteiger partial charge in [0.05, 0.1) is 0 Å². The van der Waals surface area contributed by atoms with Gasteiger partial charge in [-0.25, -0.2) is 19.2 Å². The molecule has 0 aromatic carbocycles. The maximum absolute atomic E-state index is 11.2. The third-order valence-corrected chi connectivity index (χ3v) is 1.57. The van der Waals surface area contributed by atoms with Gasteiger partial charge in [0.1, 0.15) is 0 Å². The van der Waals surface area contributed by atoms with Crippen molar-refractivity contribution in [2.45, 2.75) is 6.16 Å². The SMILES string of the molecule is C=CC(=O)OC(OC(=O)C=C)(OC(=O)C=C)OC(=O)C=C. The number of rotatable bonds is 8. The van der Waals surface area contributed by atoms with Gasteiger partial charge < -0.3 is 18.9 Å². The van der Waals surface area contributed by atoms with E-state index in [2.05, 4.69) is 45.3 Å². The topological polar surface area (TPSA) is 105 Å². The minimum absolute atomic E-state index is 0.653. The minimum atomic E-state index is -3.09. The summed E-state index contributed by atoms with van der Waals surface area (Å²) in [6.07, 6.45) is -0.479. The molecule has 8 heteroatoms. The van der Waals surface area contributed by atoms with Crippen molar-refractivity contribution in [2.24, 2.45) is 0 Å². The quantitative estimate of drug-likeness (QED) is 0.362. The highest BCUT2D eigenvalue weighted by atomic mass is 17.0. The molecule has 0 aliphatic carbocycles. The lowest BCUT2D eigenvalue weighted by Gasteiger charge is -2.27. The molecule has 112 valence electrons. The third-order valence-electron chi connectivity index (χ3n) is 1.57. The van der Waals surface area contributed by atoms with Crippen molar-refractivity contribution in [1.29, 1.82) is 0 Å².